The van der Waals surface area contributed by atoms with Gasteiger partial charge >= 0.3 is 0 Å². The van der Waals surface area contributed by atoms with Crippen LogP contribution in [-0.2, 0) is 9.67 Å². The van der Waals surface area contributed by atoms with E-state index in [0.717, 1.165) is 5.56 Å². The van der Waals surface area contributed by atoms with Gasteiger partial charge in [-0.25, -0.2) is 4.98 Å². The molecule has 7 heteroatoms. The molecule has 3 aromatic rings. The van der Waals surface area contributed by atoms with E-state index < -0.39 is 0 Å². The Morgan fingerprint density at radius 3 is 2.50 bits per heavy atom. The van der Waals surface area contributed by atoms with Gasteiger partial charge in [0.1, 0.15) is 40.8 Å². The van der Waals surface area contributed by atoms with Gasteiger partial charge in [-0.05, 0) is 36.4 Å². The molecule has 3 rings (SSSR count). The number of ether oxygens (including phenoxy) is 2. The van der Waals surface area contributed by atoms with E-state index in [2.05, 4.69) is 4.98 Å². The van der Waals surface area contributed by atoms with E-state index in [1.54, 1.807) is 38.5 Å². The second-order valence-corrected chi connectivity index (χ2v) is 5.67. The molecule has 0 N–H and O–H groups in total. The highest BCUT2D eigenvalue weighted by molar-refractivity contribution is 14.1. The SMILES string of the molecule is COc1ccc(-n2cnc3ccc(OC)cc3c2=O)c(COI)c1. The largest absolute Gasteiger partial charge is 0.497 e. The van der Waals surface area contributed by atoms with Crippen molar-refractivity contribution in [1.29, 1.82) is 0 Å². The Morgan fingerprint density at radius 1 is 1.08 bits per heavy atom. The average molecular weight is 438 g/mol. The summed E-state index contributed by atoms with van der Waals surface area (Å²) in [6, 6.07) is 10.7. The van der Waals surface area contributed by atoms with Crippen molar-refractivity contribution in [2.75, 3.05) is 14.2 Å². The summed E-state index contributed by atoms with van der Waals surface area (Å²) in [6.07, 6.45) is 1.52. The quantitative estimate of drug-likeness (QED) is 0.573. The normalized spacial score (nSPS) is 10.8. The number of methoxy groups -OCH3 is 2. The average Bonchev–Trinajstić information content (AvgIpc) is 2.62. The number of hydrogen-bond acceptors (Lipinski definition) is 5. The first-order valence-electron chi connectivity index (χ1n) is 7.14. The summed E-state index contributed by atoms with van der Waals surface area (Å²) in [5.74, 6) is 1.32. The molecule has 0 fully saturated rings. The van der Waals surface area contributed by atoms with Crippen LogP contribution in [0, 0.1) is 0 Å². The summed E-state index contributed by atoms with van der Waals surface area (Å²) in [4.78, 5) is 17.3. The number of nitrogens with zero attached hydrogens (tertiary/aromatic N) is 2. The van der Waals surface area contributed by atoms with Crippen LogP contribution in [0.15, 0.2) is 47.5 Å². The van der Waals surface area contributed by atoms with Crippen LogP contribution >= 0.6 is 23.0 Å². The molecule has 1 heterocycles. The second kappa shape index (κ2) is 7.18. The van der Waals surface area contributed by atoms with Crippen LogP contribution in [0.4, 0.5) is 0 Å². The standard InChI is InChI=1S/C17H15IN2O4/c1-22-12-4-6-16(11(7-12)9-24-18)20-10-19-15-5-3-13(23-2)8-14(15)17(20)21/h3-8,10H,9H2,1-2H3. The van der Waals surface area contributed by atoms with Gasteiger partial charge in [-0.15, -0.1) is 0 Å². The Balaban J connectivity index is 2.22. The Morgan fingerprint density at radius 2 is 1.79 bits per heavy atom. The van der Waals surface area contributed by atoms with E-state index in [-0.39, 0.29) is 5.56 Å². The first kappa shape index (κ1) is 16.7. The van der Waals surface area contributed by atoms with Crippen LogP contribution in [0.1, 0.15) is 5.56 Å². The third-order valence-electron chi connectivity index (χ3n) is 3.72. The lowest BCUT2D eigenvalue weighted by Gasteiger charge is -2.13. The van der Waals surface area contributed by atoms with E-state index in [4.69, 9.17) is 12.5 Å². The van der Waals surface area contributed by atoms with E-state index in [1.807, 2.05) is 35.1 Å². The van der Waals surface area contributed by atoms with Gasteiger partial charge in [0.15, 0.2) is 0 Å². The predicted octanol–water partition coefficient (Wildman–Crippen LogP) is 3.27. The first-order chi connectivity index (χ1) is 11.7. The van der Waals surface area contributed by atoms with E-state index in [9.17, 15) is 4.79 Å². The second-order valence-electron chi connectivity index (χ2n) is 5.05. The van der Waals surface area contributed by atoms with E-state index >= 15 is 0 Å². The topological polar surface area (TPSA) is 62.6 Å². The van der Waals surface area contributed by atoms with Gasteiger partial charge in [0, 0.05) is 5.56 Å². The summed E-state index contributed by atoms with van der Waals surface area (Å²) in [5.41, 5.74) is 1.99. The molecule has 0 saturated heterocycles. The molecule has 124 valence electrons. The molecule has 0 aliphatic carbocycles. The monoisotopic (exact) mass is 438 g/mol. The number of halogens is 1. The summed E-state index contributed by atoms with van der Waals surface area (Å²) < 4.78 is 17.2. The summed E-state index contributed by atoms with van der Waals surface area (Å²) in [6.45, 7) is 0.343. The number of benzene rings is 2. The Hall–Kier alpha value is -2.13. The van der Waals surface area contributed by atoms with Crippen molar-refractivity contribution >= 4 is 33.9 Å². The Kier molecular flexibility index (Phi) is 5.00. The summed E-state index contributed by atoms with van der Waals surface area (Å²) >= 11 is 1.82. The minimum Gasteiger partial charge on any atom is -0.497 e. The fraction of sp³-hybridized carbons (Fsp3) is 0.176. The zero-order valence-electron chi connectivity index (χ0n) is 13.2. The van der Waals surface area contributed by atoms with Crippen molar-refractivity contribution in [2.24, 2.45) is 0 Å². The van der Waals surface area contributed by atoms with Crippen molar-refractivity contribution in [2.45, 2.75) is 6.61 Å². The number of fused-ring (bicyclic) bond motifs is 1. The molecule has 0 radical (unpaired) electrons. The van der Waals surface area contributed by atoms with Gasteiger partial charge in [0.25, 0.3) is 5.56 Å². The van der Waals surface area contributed by atoms with Gasteiger partial charge < -0.3 is 12.5 Å². The zero-order chi connectivity index (χ0) is 17.1. The van der Waals surface area contributed by atoms with Crippen molar-refractivity contribution in [3.8, 4) is 17.2 Å². The lowest BCUT2D eigenvalue weighted by molar-refractivity contribution is 0.402. The van der Waals surface area contributed by atoms with Crippen molar-refractivity contribution in [3.05, 3.63) is 58.6 Å². The third kappa shape index (κ3) is 3.09. The predicted molar refractivity (Wildman–Crippen MR) is 99.3 cm³/mol. The van der Waals surface area contributed by atoms with Gasteiger partial charge in [-0.1, -0.05) is 0 Å². The van der Waals surface area contributed by atoms with Gasteiger partial charge in [-0.2, -0.15) is 0 Å². The summed E-state index contributed by atoms with van der Waals surface area (Å²) in [5, 5.41) is 0.494. The molecular weight excluding hydrogens is 423 g/mol. The molecule has 0 bridgehead atoms. The number of hydrogen-bond donors (Lipinski definition) is 0. The maximum Gasteiger partial charge on any atom is 0.265 e. The van der Waals surface area contributed by atoms with Crippen LogP contribution in [-0.4, -0.2) is 23.8 Å². The Labute approximate surface area is 152 Å². The zero-order valence-corrected chi connectivity index (χ0v) is 15.3. The minimum atomic E-state index is -0.168. The lowest BCUT2D eigenvalue weighted by atomic mass is 10.1. The molecule has 0 unspecified atom stereocenters. The lowest BCUT2D eigenvalue weighted by Crippen LogP contribution is -2.20. The summed E-state index contributed by atoms with van der Waals surface area (Å²) in [7, 11) is 3.16. The number of rotatable bonds is 5. The molecule has 6 nitrogen and oxygen atoms in total. The third-order valence-corrected chi connectivity index (χ3v) is 4.03. The molecule has 0 atom stereocenters. The van der Waals surface area contributed by atoms with Crippen LogP contribution in [0.25, 0.3) is 16.6 Å². The molecule has 2 aromatic carbocycles. The molecule has 0 aliphatic heterocycles. The molecular formula is C17H15IN2O4. The van der Waals surface area contributed by atoms with Gasteiger partial charge in [0.05, 0.1) is 37.4 Å². The van der Waals surface area contributed by atoms with Crippen molar-refractivity contribution in [3.63, 3.8) is 0 Å². The molecule has 0 saturated carbocycles. The molecule has 1 aromatic heterocycles. The maximum absolute atomic E-state index is 12.9. The smallest absolute Gasteiger partial charge is 0.265 e. The molecule has 0 amide bonds. The first-order valence-corrected chi connectivity index (χ1v) is 8.02. The highest BCUT2D eigenvalue weighted by atomic mass is 127. The highest BCUT2D eigenvalue weighted by Gasteiger charge is 2.12. The minimum absolute atomic E-state index is 0.168. The highest BCUT2D eigenvalue weighted by Crippen LogP contribution is 2.23. The molecule has 0 spiro atoms. The fourth-order valence-corrected chi connectivity index (χ4v) is 2.83. The maximum atomic E-state index is 12.9. The van der Waals surface area contributed by atoms with Crippen LogP contribution in [0.5, 0.6) is 11.5 Å². The fourth-order valence-electron chi connectivity index (χ4n) is 2.50. The Bertz CT molecular complexity index is 940. The van der Waals surface area contributed by atoms with Crippen LogP contribution < -0.4 is 15.0 Å². The van der Waals surface area contributed by atoms with Crippen LogP contribution in [0.3, 0.4) is 0 Å². The van der Waals surface area contributed by atoms with E-state index in [0.29, 0.717) is 34.7 Å². The molecule has 24 heavy (non-hydrogen) atoms. The van der Waals surface area contributed by atoms with Crippen LogP contribution in [0.2, 0.25) is 0 Å². The van der Waals surface area contributed by atoms with Crippen molar-refractivity contribution < 1.29 is 12.5 Å². The van der Waals surface area contributed by atoms with Crippen molar-refractivity contribution in [1.82, 2.24) is 9.55 Å². The van der Waals surface area contributed by atoms with E-state index in [1.165, 1.54) is 10.9 Å². The molecule has 0 aliphatic rings. The number of aromatic nitrogens is 2. The van der Waals surface area contributed by atoms with Gasteiger partial charge in [0.2, 0.25) is 0 Å². The van der Waals surface area contributed by atoms with Gasteiger partial charge in [-0.3, -0.25) is 9.36 Å².